The van der Waals surface area contributed by atoms with Crippen molar-refractivity contribution in [1.29, 1.82) is 5.26 Å². The third kappa shape index (κ3) is 2.27. The van der Waals surface area contributed by atoms with E-state index in [1.807, 2.05) is 6.07 Å². The molecule has 0 radical (unpaired) electrons. The Morgan fingerprint density at radius 2 is 2.31 bits per heavy atom. The van der Waals surface area contributed by atoms with Gasteiger partial charge in [-0.2, -0.15) is 5.26 Å². The van der Waals surface area contributed by atoms with Gasteiger partial charge in [-0.25, -0.2) is 4.79 Å². The lowest BCUT2D eigenvalue weighted by molar-refractivity contribution is -0.140. The second kappa shape index (κ2) is 6.24. The Morgan fingerprint density at radius 3 is 2.96 bits per heavy atom. The number of hydrogen-bond donors (Lipinski definition) is 2. The van der Waals surface area contributed by atoms with E-state index in [-0.39, 0.29) is 29.4 Å². The highest BCUT2D eigenvalue weighted by Crippen LogP contribution is 2.52. The summed E-state index contributed by atoms with van der Waals surface area (Å²) in [5.74, 6) is -1.61. The molecule has 0 aromatic heterocycles. The lowest BCUT2D eigenvalue weighted by Crippen LogP contribution is -2.45. The molecule has 3 N–H and O–H groups in total. The molecule has 0 aliphatic carbocycles. The summed E-state index contributed by atoms with van der Waals surface area (Å²) < 4.78 is 10.5. The first-order chi connectivity index (χ1) is 12.4. The molecule has 8 heteroatoms. The topological polar surface area (TPSA) is 114 Å². The second-order valence-corrected chi connectivity index (χ2v) is 6.10. The molecule has 2 aliphatic heterocycles. The van der Waals surface area contributed by atoms with Gasteiger partial charge >= 0.3 is 5.97 Å². The second-order valence-electron chi connectivity index (χ2n) is 5.67. The zero-order chi connectivity index (χ0) is 19.1. The molecule has 2 heterocycles. The third-order valence-electron chi connectivity index (χ3n) is 4.23. The summed E-state index contributed by atoms with van der Waals surface area (Å²) in [7, 11) is 0. The number of hydrogen-bond acceptors (Lipinski definition) is 6. The van der Waals surface area contributed by atoms with E-state index in [9.17, 15) is 14.9 Å². The number of anilines is 1. The number of benzene rings is 1. The number of carbonyl (C=O) groups excluding carboxylic acids is 2. The van der Waals surface area contributed by atoms with Crippen LogP contribution in [0.2, 0.25) is 5.02 Å². The Labute approximate surface area is 154 Å². The van der Waals surface area contributed by atoms with Crippen LogP contribution in [0.3, 0.4) is 0 Å². The average molecular weight is 372 g/mol. The lowest BCUT2D eigenvalue weighted by atomic mass is 9.68. The first kappa shape index (κ1) is 17.6. The quantitative estimate of drug-likeness (QED) is 0.622. The predicted molar refractivity (Wildman–Crippen MR) is 93.5 cm³/mol. The number of nitriles is 1. The van der Waals surface area contributed by atoms with E-state index < -0.39 is 17.3 Å². The lowest BCUT2D eigenvalue weighted by Gasteiger charge is -2.33. The number of fused-ring (bicyclic) bond motifs is 2. The Balaban J connectivity index is 2.36. The number of esters is 1. The molecule has 1 amide bonds. The van der Waals surface area contributed by atoms with Crippen LogP contribution >= 0.6 is 11.6 Å². The number of allylic oxidation sites excluding steroid dienone is 1. The minimum absolute atomic E-state index is 0.0681. The first-order valence-electron chi connectivity index (χ1n) is 7.57. The molecule has 7 nitrogen and oxygen atoms in total. The maximum Gasteiger partial charge on any atom is 0.339 e. The number of ether oxygens (including phenoxy) is 2. The summed E-state index contributed by atoms with van der Waals surface area (Å²) in [4.78, 5) is 25.8. The molecule has 1 aromatic rings. The van der Waals surface area contributed by atoms with Gasteiger partial charge in [0.15, 0.2) is 5.41 Å². The van der Waals surface area contributed by atoms with Crippen molar-refractivity contribution >= 4 is 29.2 Å². The number of nitrogens with zero attached hydrogens (tertiary/aromatic N) is 1. The minimum Gasteiger partial charge on any atom is -0.458 e. The van der Waals surface area contributed by atoms with E-state index >= 15 is 0 Å². The highest BCUT2D eigenvalue weighted by atomic mass is 35.5. The predicted octanol–water partition coefficient (Wildman–Crippen LogP) is 2.26. The molecule has 2 aliphatic rings. The standard InChI is InChI=1S/C18H14ClN3O4/c1-3-6-25-16(23)14-9(2)26-15(21)12(8-20)18(14)11-7-10(19)4-5-13(11)22-17(18)24/h3-5,7H,1,6,21H2,2H3,(H,22,24)/t18-/m1/s1. The molecule has 1 atom stereocenters. The van der Waals surface area contributed by atoms with E-state index in [1.54, 1.807) is 12.1 Å². The van der Waals surface area contributed by atoms with Gasteiger partial charge in [0.05, 0.1) is 0 Å². The Kier molecular flexibility index (Phi) is 4.22. The van der Waals surface area contributed by atoms with Gasteiger partial charge in [-0.3, -0.25) is 4.79 Å². The molecule has 0 fully saturated rings. The molecule has 1 aromatic carbocycles. The molecule has 0 saturated carbocycles. The third-order valence-corrected chi connectivity index (χ3v) is 4.47. The summed E-state index contributed by atoms with van der Waals surface area (Å²) in [6.07, 6.45) is 1.39. The summed E-state index contributed by atoms with van der Waals surface area (Å²) in [5, 5.41) is 12.7. The van der Waals surface area contributed by atoms with Crippen molar-refractivity contribution in [2.24, 2.45) is 5.73 Å². The van der Waals surface area contributed by atoms with Crippen molar-refractivity contribution in [1.82, 2.24) is 0 Å². The number of carbonyl (C=O) groups is 2. The Bertz CT molecular complexity index is 958. The van der Waals surface area contributed by atoms with Gasteiger partial charge in [0, 0.05) is 16.3 Å². The van der Waals surface area contributed by atoms with Crippen LogP contribution < -0.4 is 11.1 Å². The molecule has 1 spiro atoms. The van der Waals surface area contributed by atoms with Gasteiger partial charge in [-0.1, -0.05) is 24.3 Å². The van der Waals surface area contributed by atoms with Gasteiger partial charge in [0.25, 0.3) is 0 Å². The van der Waals surface area contributed by atoms with Gasteiger partial charge in [-0.15, -0.1) is 0 Å². The number of nitrogens with two attached hydrogens (primary N) is 1. The Hall–Kier alpha value is -3.24. The van der Waals surface area contributed by atoms with Crippen LogP contribution in [0, 0.1) is 11.3 Å². The molecule has 0 unspecified atom stereocenters. The zero-order valence-corrected chi connectivity index (χ0v) is 14.5. The van der Waals surface area contributed by atoms with Crippen LogP contribution in [0.5, 0.6) is 0 Å². The maximum absolute atomic E-state index is 13.1. The molecule has 3 rings (SSSR count). The van der Waals surface area contributed by atoms with Crippen molar-refractivity contribution in [3.8, 4) is 6.07 Å². The van der Waals surface area contributed by atoms with Crippen LogP contribution in [0.1, 0.15) is 12.5 Å². The van der Waals surface area contributed by atoms with Gasteiger partial charge in [0.1, 0.15) is 29.6 Å². The number of amides is 1. The molecule has 132 valence electrons. The Morgan fingerprint density at radius 1 is 1.58 bits per heavy atom. The fourth-order valence-electron chi connectivity index (χ4n) is 3.25. The van der Waals surface area contributed by atoms with Crippen LogP contribution in [0.25, 0.3) is 0 Å². The van der Waals surface area contributed by atoms with E-state index in [0.717, 1.165) is 0 Å². The number of halogens is 1. The summed E-state index contributed by atoms with van der Waals surface area (Å²) in [5.41, 5.74) is 4.51. The monoisotopic (exact) mass is 371 g/mol. The highest BCUT2D eigenvalue weighted by Gasteiger charge is 2.59. The largest absolute Gasteiger partial charge is 0.458 e. The highest BCUT2D eigenvalue weighted by molar-refractivity contribution is 6.31. The van der Waals surface area contributed by atoms with Gasteiger partial charge in [-0.05, 0) is 25.1 Å². The van der Waals surface area contributed by atoms with Crippen LogP contribution in [-0.2, 0) is 24.5 Å². The molecule has 0 bridgehead atoms. The summed E-state index contributed by atoms with van der Waals surface area (Å²) >= 11 is 6.10. The molecule has 26 heavy (non-hydrogen) atoms. The fourth-order valence-corrected chi connectivity index (χ4v) is 3.43. The van der Waals surface area contributed by atoms with Gasteiger partial charge in [0.2, 0.25) is 11.8 Å². The number of nitrogens with one attached hydrogen (secondary N) is 1. The van der Waals surface area contributed by atoms with E-state index in [4.69, 9.17) is 26.8 Å². The van der Waals surface area contributed by atoms with Crippen molar-refractivity contribution < 1.29 is 19.1 Å². The smallest absolute Gasteiger partial charge is 0.339 e. The summed E-state index contributed by atoms with van der Waals surface area (Å²) in [6, 6.07) is 6.59. The van der Waals surface area contributed by atoms with E-state index in [1.165, 1.54) is 19.1 Å². The molecular formula is C18H14ClN3O4. The van der Waals surface area contributed by atoms with Gasteiger partial charge < -0.3 is 20.5 Å². The minimum atomic E-state index is -1.79. The van der Waals surface area contributed by atoms with Crippen LogP contribution in [0.15, 0.2) is 53.6 Å². The van der Waals surface area contributed by atoms with Crippen LogP contribution in [0.4, 0.5) is 5.69 Å². The fraction of sp³-hybridized carbons (Fsp3) is 0.167. The summed E-state index contributed by atoms with van der Waals surface area (Å²) in [6.45, 7) is 4.89. The van der Waals surface area contributed by atoms with Crippen molar-refractivity contribution in [2.45, 2.75) is 12.3 Å². The zero-order valence-electron chi connectivity index (χ0n) is 13.8. The van der Waals surface area contributed by atoms with E-state index in [0.29, 0.717) is 16.3 Å². The maximum atomic E-state index is 13.1. The van der Waals surface area contributed by atoms with Crippen molar-refractivity contribution in [2.75, 3.05) is 11.9 Å². The SMILES string of the molecule is C=CCOC(=O)C1=C(C)OC(N)=C(C#N)[C@@]12C(=O)Nc1ccc(Cl)cc12. The number of rotatable bonds is 3. The average Bonchev–Trinajstić information content (AvgIpc) is 2.86. The van der Waals surface area contributed by atoms with Crippen molar-refractivity contribution in [3.05, 3.63) is 64.2 Å². The van der Waals surface area contributed by atoms with Crippen LogP contribution in [-0.4, -0.2) is 18.5 Å². The molecular weight excluding hydrogens is 358 g/mol. The van der Waals surface area contributed by atoms with E-state index in [2.05, 4.69) is 11.9 Å². The first-order valence-corrected chi connectivity index (χ1v) is 7.94. The normalized spacial score (nSPS) is 21.0. The van der Waals surface area contributed by atoms with Crippen molar-refractivity contribution in [3.63, 3.8) is 0 Å². The molecule has 0 saturated heterocycles.